The Kier molecular flexibility index (Phi) is 3.66. The Morgan fingerprint density at radius 2 is 2.25 bits per heavy atom. The van der Waals surface area contributed by atoms with Gasteiger partial charge in [-0.05, 0) is 47.7 Å². The molecule has 0 bridgehead atoms. The predicted molar refractivity (Wildman–Crippen MR) is 75.0 cm³/mol. The lowest BCUT2D eigenvalue weighted by Crippen LogP contribution is -2.04. The molecule has 2 aromatic rings. The monoisotopic (exact) mass is 392 g/mol. The second-order valence-corrected chi connectivity index (χ2v) is 5.55. The molecule has 0 spiro atoms. The van der Waals surface area contributed by atoms with Gasteiger partial charge in [0, 0.05) is 13.6 Å². The third-order valence-electron chi connectivity index (χ3n) is 2.11. The Labute approximate surface area is 116 Å². The van der Waals surface area contributed by atoms with Gasteiger partial charge in [-0.2, -0.15) is 0 Å². The summed E-state index contributed by atoms with van der Waals surface area (Å²) in [6.07, 6.45) is 1.71. The maximum absolute atomic E-state index is 5.71. The minimum absolute atomic E-state index is 0.182. The molecule has 16 heavy (non-hydrogen) atoms. The standard InChI is InChI=1S/C11H10BrIN2O/c1-6(14)11-15-5-10(16-11)8-4-7(12)2-3-9(8)13/h2-6H,14H2,1H3. The van der Waals surface area contributed by atoms with Crippen molar-refractivity contribution in [2.45, 2.75) is 13.0 Å². The van der Waals surface area contributed by atoms with E-state index >= 15 is 0 Å². The van der Waals surface area contributed by atoms with E-state index in [-0.39, 0.29) is 6.04 Å². The third-order valence-corrected chi connectivity index (χ3v) is 3.54. The maximum Gasteiger partial charge on any atom is 0.211 e. The highest BCUT2D eigenvalue weighted by molar-refractivity contribution is 14.1. The van der Waals surface area contributed by atoms with Crippen LogP contribution < -0.4 is 5.73 Å². The van der Waals surface area contributed by atoms with Crippen LogP contribution in [0.2, 0.25) is 0 Å². The van der Waals surface area contributed by atoms with Crippen LogP contribution in [0, 0.1) is 3.57 Å². The number of nitrogens with zero attached hydrogens (tertiary/aromatic N) is 1. The zero-order valence-electron chi connectivity index (χ0n) is 8.58. The molecular formula is C11H10BrIN2O. The first-order valence-electron chi connectivity index (χ1n) is 4.74. The molecular weight excluding hydrogens is 383 g/mol. The number of aromatic nitrogens is 1. The summed E-state index contributed by atoms with van der Waals surface area (Å²) in [5.74, 6) is 1.31. The fourth-order valence-corrected chi connectivity index (χ4v) is 2.27. The van der Waals surface area contributed by atoms with E-state index in [1.807, 2.05) is 25.1 Å². The molecule has 0 amide bonds. The van der Waals surface area contributed by atoms with E-state index in [4.69, 9.17) is 10.2 Å². The second-order valence-electron chi connectivity index (χ2n) is 3.48. The van der Waals surface area contributed by atoms with E-state index in [1.165, 1.54) is 0 Å². The Morgan fingerprint density at radius 1 is 1.50 bits per heavy atom. The van der Waals surface area contributed by atoms with E-state index in [1.54, 1.807) is 6.20 Å². The van der Waals surface area contributed by atoms with Gasteiger partial charge < -0.3 is 10.2 Å². The van der Waals surface area contributed by atoms with E-state index in [9.17, 15) is 0 Å². The molecule has 0 fully saturated rings. The molecule has 1 unspecified atom stereocenters. The van der Waals surface area contributed by atoms with E-state index < -0.39 is 0 Å². The Bertz CT molecular complexity index is 510. The molecule has 3 nitrogen and oxygen atoms in total. The number of oxazole rings is 1. The molecule has 0 radical (unpaired) electrons. The Balaban J connectivity index is 2.46. The number of rotatable bonds is 2. The van der Waals surface area contributed by atoms with Gasteiger partial charge in [-0.15, -0.1) is 0 Å². The van der Waals surface area contributed by atoms with Crippen LogP contribution in [-0.2, 0) is 0 Å². The topological polar surface area (TPSA) is 52.0 Å². The van der Waals surface area contributed by atoms with E-state index in [2.05, 4.69) is 43.5 Å². The molecule has 1 heterocycles. The van der Waals surface area contributed by atoms with Crippen molar-refractivity contribution >= 4 is 38.5 Å². The number of nitrogens with two attached hydrogens (primary N) is 1. The molecule has 1 aromatic carbocycles. The maximum atomic E-state index is 5.71. The zero-order chi connectivity index (χ0) is 11.7. The first-order chi connectivity index (χ1) is 7.58. The third kappa shape index (κ3) is 2.46. The lowest BCUT2D eigenvalue weighted by atomic mass is 10.2. The molecule has 1 aromatic heterocycles. The van der Waals surface area contributed by atoms with E-state index in [0.717, 1.165) is 19.4 Å². The Hall–Kier alpha value is -0.400. The smallest absolute Gasteiger partial charge is 0.211 e. The van der Waals surface area contributed by atoms with Crippen LogP contribution in [0.25, 0.3) is 11.3 Å². The van der Waals surface area contributed by atoms with Crippen LogP contribution in [0.4, 0.5) is 0 Å². The highest BCUT2D eigenvalue weighted by Crippen LogP contribution is 2.29. The molecule has 0 aliphatic carbocycles. The van der Waals surface area contributed by atoms with Gasteiger partial charge in [0.15, 0.2) is 5.76 Å². The first kappa shape index (κ1) is 12.1. The minimum atomic E-state index is -0.182. The van der Waals surface area contributed by atoms with Crippen LogP contribution in [0.15, 0.2) is 33.3 Å². The van der Waals surface area contributed by atoms with Crippen molar-refractivity contribution in [3.63, 3.8) is 0 Å². The van der Waals surface area contributed by atoms with Crippen LogP contribution in [0.3, 0.4) is 0 Å². The highest BCUT2D eigenvalue weighted by atomic mass is 127. The van der Waals surface area contributed by atoms with Crippen molar-refractivity contribution in [3.8, 4) is 11.3 Å². The molecule has 5 heteroatoms. The molecule has 2 N–H and O–H groups in total. The average molecular weight is 393 g/mol. The molecule has 0 saturated carbocycles. The van der Waals surface area contributed by atoms with Gasteiger partial charge in [0.1, 0.15) is 0 Å². The molecule has 0 aliphatic heterocycles. The van der Waals surface area contributed by atoms with Crippen molar-refractivity contribution in [1.82, 2.24) is 4.98 Å². The van der Waals surface area contributed by atoms with Crippen molar-refractivity contribution < 1.29 is 4.42 Å². The predicted octanol–water partition coefficient (Wildman–Crippen LogP) is 3.73. The fraction of sp³-hybridized carbons (Fsp3) is 0.182. The van der Waals surface area contributed by atoms with Crippen molar-refractivity contribution in [2.24, 2.45) is 5.73 Å². The van der Waals surface area contributed by atoms with Crippen molar-refractivity contribution in [2.75, 3.05) is 0 Å². The largest absolute Gasteiger partial charge is 0.439 e. The molecule has 2 rings (SSSR count). The van der Waals surface area contributed by atoms with Gasteiger partial charge in [-0.25, -0.2) is 4.98 Å². The normalized spacial score (nSPS) is 12.8. The first-order valence-corrected chi connectivity index (χ1v) is 6.62. The SMILES string of the molecule is CC(N)c1ncc(-c2cc(Br)ccc2I)o1. The average Bonchev–Trinajstić information content (AvgIpc) is 2.70. The van der Waals surface area contributed by atoms with Crippen LogP contribution >= 0.6 is 38.5 Å². The molecule has 84 valence electrons. The van der Waals surface area contributed by atoms with Crippen LogP contribution in [0.5, 0.6) is 0 Å². The van der Waals surface area contributed by atoms with Crippen LogP contribution in [0.1, 0.15) is 18.9 Å². The Morgan fingerprint density at radius 3 is 2.88 bits per heavy atom. The summed E-state index contributed by atoms with van der Waals surface area (Å²) in [7, 11) is 0. The minimum Gasteiger partial charge on any atom is -0.439 e. The zero-order valence-corrected chi connectivity index (χ0v) is 12.3. The summed E-state index contributed by atoms with van der Waals surface area (Å²) in [5, 5.41) is 0. The highest BCUT2D eigenvalue weighted by Gasteiger charge is 2.12. The number of hydrogen-bond donors (Lipinski definition) is 1. The second kappa shape index (κ2) is 4.85. The summed E-state index contributed by atoms with van der Waals surface area (Å²) in [5.41, 5.74) is 6.73. The van der Waals surface area contributed by atoms with Gasteiger partial charge in [-0.3, -0.25) is 0 Å². The number of halogens is 2. The molecule has 1 atom stereocenters. The van der Waals surface area contributed by atoms with Crippen LogP contribution in [-0.4, -0.2) is 4.98 Å². The fourth-order valence-electron chi connectivity index (χ4n) is 1.31. The lowest BCUT2D eigenvalue weighted by Gasteiger charge is -2.02. The lowest BCUT2D eigenvalue weighted by molar-refractivity contribution is 0.473. The van der Waals surface area contributed by atoms with Gasteiger partial charge >= 0.3 is 0 Å². The van der Waals surface area contributed by atoms with Gasteiger partial charge in [0.05, 0.1) is 12.2 Å². The summed E-state index contributed by atoms with van der Waals surface area (Å²) in [4.78, 5) is 4.15. The summed E-state index contributed by atoms with van der Waals surface area (Å²) in [6, 6.07) is 5.84. The van der Waals surface area contributed by atoms with Crippen molar-refractivity contribution in [3.05, 3.63) is 38.3 Å². The van der Waals surface area contributed by atoms with E-state index in [0.29, 0.717) is 5.89 Å². The summed E-state index contributed by atoms with van der Waals surface area (Å²) in [6.45, 7) is 1.85. The summed E-state index contributed by atoms with van der Waals surface area (Å²) < 4.78 is 7.74. The quantitative estimate of drug-likeness (QED) is 0.792. The van der Waals surface area contributed by atoms with Gasteiger partial charge in [0.25, 0.3) is 0 Å². The van der Waals surface area contributed by atoms with Gasteiger partial charge in [0.2, 0.25) is 5.89 Å². The van der Waals surface area contributed by atoms with Gasteiger partial charge in [-0.1, -0.05) is 15.9 Å². The molecule has 0 aliphatic rings. The number of hydrogen-bond acceptors (Lipinski definition) is 3. The molecule has 0 saturated heterocycles. The van der Waals surface area contributed by atoms with Crippen molar-refractivity contribution in [1.29, 1.82) is 0 Å². The summed E-state index contributed by atoms with van der Waals surface area (Å²) >= 11 is 5.71. The number of benzene rings is 1.